The third-order valence-corrected chi connectivity index (χ3v) is 4.77. The molecule has 0 aromatic heterocycles. The van der Waals surface area contributed by atoms with Crippen molar-refractivity contribution < 1.29 is 23.6 Å². The van der Waals surface area contributed by atoms with Crippen LogP contribution in [-0.2, 0) is 18.1 Å². The second kappa shape index (κ2) is 10.5. The van der Waals surface area contributed by atoms with Gasteiger partial charge in [-0.3, -0.25) is 10.1 Å². The summed E-state index contributed by atoms with van der Waals surface area (Å²) in [5.41, 5.74) is 2.14. The Balaban J connectivity index is 1.64. The normalized spacial score (nSPS) is 10.8. The number of hydrogen-bond acceptors (Lipinski definition) is 6. The van der Waals surface area contributed by atoms with Crippen molar-refractivity contribution in [3.63, 3.8) is 0 Å². The third-order valence-electron chi connectivity index (χ3n) is 4.18. The quantitative estimate of drug-likeness (QED) is 0.221. The van der Waals surface area contributed by atoms with Crippen LogP contribution >= 0.6 is 15.9 Å². The van der Waals surface area contributed by atoms with Crippen LogP contribution < -0.4 is 9.47 Å². The van der Waals surface area contributed by atoms with Crippen LogP contribution in [0.5, 0.6) is 11.5 Å². The van der Waals surface area contributed by atoms with E-state index in [1.54, 1.807) is 36.4 Å². The number of nitrogens with zero attached hydrogens (tertiary/aromatic N) is 2. The first-order valence-electron chi connectivity index (χ1n) is 9.09. The van der Waals surface area contributed by atoms with Gasteiger partial charge in [-0.2, -0.15) is 0 Å². The molecule has 0 N–H and O–H groups in total. The molecule has 160 valence electrons. The molecule has 31 heavy (non-hydrogen) atoms. The van der Waals surface area contributed by atoms with Crippen LogP contribution in [0.4, 0.5) is 10.1 Å². The van der Waals surface area contributed by atoms with E-state index in [4.69, 9.17) is 14.3 Å². The molecule has 0 fully saturated rings. The highest BCUT2D eigenvalue weighted by molar-refractivity contribution is 9.10. The molecule has 7 nitrogen and oxygen atoms in total. The Morgan fingerprint density at radius 2 is 1.87 bits per heavy atom. The molecule has 0 amide bonds. The van der Waals surface area contributed by atoms with Crippen LogP contribution in [0.3, 0.4) is 0 Å². The highest BCUT2D eigenvalue weighted by atomic mass is 79.9. The number of non-ortho nitro benzene ring substituents is 1. The van der Waals surface area contributed by atoms with E-state index < -0.39 is 4.92 Å². The molecule has 0 atom stereocenters. The molecule has 0 radical (unpaired) electrons. The largest absolute Gasteiger partial charge is 0.493 e. The van der Waals surface area contributed by atoms with E-state index in [9.17, 15) is 14.5 Å². The van der Waals surface area contributed by atoms with E-state index in [1.807, 2.05) is 0 Å². The van der Waals surface area contributed by atoms with Crippen LogP contribution in [0.15, 0.2) is 70.3 Å². The van der Waals surface area contributed by atoms with Gasteiger partial charge in [0.05, 0.1) is 22.7 Å². The Labute approximate surface area is 186 Å². The van der Waals surface area contributed by atoms with E-state index in [-0.39, 0.29) is 24.7 Å². The van der Waals surface area contributed by atoms with E-state index in [1.165, 1.54) is 37.6 Å². The van der Waals surface area contributed by atoms with Crippen molar-refractivity contribution in [1.29, 1.82) is 0 Å². The SMILES string of the molecule is COc1cc(/C=N\OCc2cccc([N+](=O)[O-])c2)cc(Br)c1OCc1ccc(F)cc1. The molecule has 9 heteroatoms. The van der Waals surface area contributed by atoms with Gasteiger partial charge in [0.15, 0.2) is 11.5 Å². The van der Waals surface area contributed by atoms with Gasteiger partial charge in [-0.15, -0.1) is 0 Å². The van der Waals surface area contributed by atoms with E-state index in [2.05, 4.69) is 21.1 Å². The first-order valence-corrected chi connectivity index (χ1v) is 9.89. The topological polar surface area (TPSA) is 83.2 Å². The fourth-order valence-electron chi connectivity index (χ4n) is 2.66. The molecule has 3 rings (SSSR count). The number of oxime groups is 1. The minimum atomic E-state index is -0.462. The standard InChI is InChI=1S/C22H18BrFN2O5/c1-29-21-11-17(12-25-31-14-16-3-2-4-19(9-16)26(27)28)10-20(23)22(21)30-13-15-5-7-18(24)8-6-15/h2-12H,13-14H2,1H3/b25-12-. The Morgan fingerprint density at radius 3 is 2.58 bits per heavy atom. The summed E-state index contributed by atoms with van der Waals surface area (Å²) in [4.78, 5) is 15.6. The average molecular weight is 489 g/mol. The molecule has 3 aromatic rings. The van der Waals surface area contributed by atoms with E-state index >= 15 is 0 Å². The van der Waals surface area contributed by atoms with Crippen LogP contribution in [0.2, 0.25) is 0 Å². The Morgan fingerprint density at radius 1 is 1.10 bits per heavy atom. The first-order chi connectivity index (χ1) is 15.0. The molecular weight excluding hydrogens is 471 g/mol. The van der Waals surface area contributed by atoms with Gasteiger partial charge in [0.25, 0.3) is 5.69 Å². The molecule has 0 saturated heterocycles. The lowest BCUT2D eigenvalue weighted by Crippen LogP contribution is -2.00. The summed E-state index contributed by atoms with van der Waals surface area (Å²) in [6.07, 6.45) is 1.49. The molecule has 0 spiro atoms. The number of hydrogen-bond donors (Lipinski definition) is 0. The van der Waals surface area contributed by atoms with Crippen molar-refractivity contribution in [3.05, 3.63) is 97.8 Å². The molecule has 0 saturated carbocycles. The minimum Gasteiger partial charge on any atom is -0.493 e. The molecule has 0 unspecified atom stereocenters. The summed E-state index contributed by atoms with van der Waals surface area (Å²) >= 11 is 3.46. The minimum absolute atomic E-state index is 0.00466. The van der Waals surface area contributed by atoms with Gasteiger partial charge in [0.1, 0.15) is 19.0 Å². The van der Waals surface area contributed by atoms with Gasteiger partial charge in [-0.1, -0.05) is 29.4 Å². The Bertz CT molecular complexity index is 1090. The van der Waals surface area contributed by atoms with Crippen LogP contribution in [0.25, 0.3) is 0 Å². The second-order valence-corrected chi connectivity index (χ2v) is 7.24. The highest BCUT2D eigenvalue weighted by Crippen LogP contribution is 2.36. The molecule has 3 aromatic carbocycles. The zero-order valence-corrected chi connectivity index (χ0v) is 18.0. The summed E-state index contributed by atoms with van der Waals surface area (Å²) in [6.45, 7) is 0.338. The maximum absolute atomic E-state index is 13.0. The van der Waals surface area contributed by atoms with Crippen molar-refractivity contribution in [2.45, 2.75) is 13.2 Å². The lowest BCUT2D eigenvalue weighted by Gasteiger charge is -2.13. The second-order valence-electron chi connectivity index (χ2n) is 6.38. The number of nitro benzene ring substituents is 1. The predicted molar refractivity (Wildman–Crippen MR) is 117 cm³/mol. The molecule has 0 aliphatic carbocycles. The lowest BCUT2D eigenvalue weighted by molar-refractivity contribution is -0.384. The Hall–Kier alpha value is -3.46. The lowest BCUT2D eigenvalue weighted by atomic mass is 10.2. The summed E-state index contributed by atoms with van der Waals surface area (Å²) in [6, 6.07) is 15.7. The predicted octanol–water partition coefficient (Wildman–Crippen LogP) is 5.63. The van der Waals surface area contributed by atoms with E-state index in [0.717, 1.165) is 5.56 Å². The molecule has 0 heterocycles. The number of rotatable bonds is 9. The number of halogens is 2. The van der Waals surface area contributed by atoms with Gasteiger partial charge in [-0.25, -0.2) is 4.39 Å². The number of ether oxygens (including phenoxy) is 2. The van der Waals surface area contributed by atoms with Crippen LogP contribution in [-0.4, -0.2) is 18.2 Å². The smallest absolute Gasteiger partial charge is 0.269 e. The summed E-state index contributed by atoms with van der Waals surface area (Å²) < 4.78 is 24.9. The van der Waals surface area contributed by atoms with Crippen LogP contribution in [0, 0.1) is 15.9 Å². The fourth-order valence-corrected chi connectivity index (χ4v) is 3.23. The number of nitro groups is 1. The van der Waals surface area contributed by atoms with Gasteiger partial charge in [0.2, 0.25) is 0 Å². The van der Waals surface area contributed by atoms with Gasteiger partial charge >= 0.3 is 0 Å². The van der Waals surface area contributed by atoms with Crippen molar-refractivity contribution in [2.75, 3.05) is 7.11 Å². The van der Waals surface area contributed by atoms with Crippen molar-refractivity contribution in [3.8, 4) is 11.5 Å². The monoisotopic (exact) mass is 488 g/mol. The molecule has 0 aliphatic rings. The molecule has 0 bridgehead atoms. The van der Waals surface area contributed by atoms with Crippen molar-refractivity contribution in [2.24, 2.45) is 5.16 Å². The van der Waals surface area contributed by atoms with Crippen molar-refractivity contribution in [1.82, 2.24) is 0 Å². The van der Waals surface area contributed by atoms with Gasteiger partial charge in [-0.05, 0) is 51.3 Å². The van der Waals surface area contributed by atoms with Gasteiger partial charge < -0.3 is 14.3 Å². The van der Waals surface area contributed by atoms with Crippen molar-refractivity contribution >= 4 is 27.8 Å². The Kier molecular flexibility index (Phi) is 7.55. The highest BCUT2D eigenvalue weighted by Gasteiger charge is 2.12. The fraction of sp³-hybridized carbons (Fsp3) is 0.136. The van der Waals surface area contributed by atoms with Gasteiger partial charge in [0, 0.05) is 17.7 Å². The molecular formula is C22H18BrFN2O5. The first kappa shape index (κ1) is 22.2. The summed E-state index contributed by atoms with van der Waals surface area (Å²) in [5.74, 6) is 0.678. The third kappa shape index (κ3) is 6.26. The number of methoxy groups -OCH3 is 1. The number of benzene rings is 3. The summed E-state index contributed by atoms with van der Waals surface area (Å²) in [5, 5.41) is 14.7. The zero-order valence-electron chi connectivity index (χ0n) is 16.5. The summed E-state index contributed by atoms with van der Waals surface area (Å²) in [7, 11) is 1.52. The molecule has 0 aliphatic heterocycles. The average Bonchev–Trinajstić information content (AvgIpc) is 2.77. The zero-order chi connectivity index (χ0) is 22.2. The maximum atomic E-state index is 13.0. The van der Waals surface area contributed by atoms with Crippen LogP contribution in [0.1, 0.15) is 16.7 Å². The maximum Gasteiger partial charge on any atom is 0.269 e. The van der Waals surface area contributed by atoms with E-state index in [0.29, 0.717) is 27.1 Å².